The molecule has 0 saturated heterocycles. The highest BCUT2D eigenvalue weighted by Gasteiger charge is 2.34. The first-order valence-electron chi connectivity index (χ1n) is 9.26. The average molecular weight is 420 g/mol. The summed E-state index contributed by atoms with van der Waals surface area (Å²) in [5.41, 5.74) is 4.78. The molecule has 2 aromatic rings. The van der Waals surface area contributed by atoms with Gasteiger partial charge in [0.15, 0.2) is 11.5 Å². The van der Waals surface area contributed by atoms with E-state index in [0.717, 1.165) is 35.4 Å². The van der Waals surface area contributed by atoms with E-state index in [1.165, 1.54) is 18.4 Å². The Morgan fingerprint density at radius 1 is 1.04 bits per heavy atom. The molecule has 148 valence electrons. The second kappa shape index (κ2) is 8.54. The molecule has 28 heavy (non-hydrogen) atoms. The highest BCUT2D eigenvalue weighted by molar-refractivity contribution is 6.67. The van der Waals surface area contributed by atoms with Crippen molar-refractivity contribution in [3.05, 3.63) is 58.7 Å². The molecule has 2 aliphatic rings. The van der Waals surface area contributed by atoms with Gasteiger partial charge in [0.25, 0.3) is 5.24 Å². The third-order valence-corrected chi connectivity index (χ3v) is 5.84. The van der Waals surface area contributed by atoms with E-state index in [-0.39, 0.29) is 18.4 Å². The molecule has 6 heteroatoms. The van der Waals surface area contributed by atoms with Gasteiger partial charge in [-0.1, -0.05) is 25.0 Å². The van der Waals surface area contributed by atoms with Crippen LogP contribution in [0.15, 0.2) is 41.4 Å². The van der Waals surface area contributed by atoms with E-state index in [2.05, 4.69) is 6.07 Å². The van der Waals surface area contributed by atoms with Crippen molar-refractivity contribution in [3.63, 3.8) is 0 Å². The van der Waals surface area contributed by atoms with Crippen molar-refractivity contribution in [1.29, 1.82) is 0 Å². The van der Waals surface area contributed by atoms with Gasteiger partial charge >= 0.3 is 0 Å². The minimum atomic E-state index is -0.453. The van der Waals surface area contributed by atoms with Crippen molar-refractivity contribution >= 4 is 35.0 Å². The Balaban J connectivity index is 0.00000225. The number of ether oxygens (including phenoxy) is 2. The molecule has 1 aliphatic carbocycles. The van der Waals surface area contributed by atoms with Gasteiger partial charge in [-0.15, -0.1) is 12.4 Å². The molecular formula is C22H23Cl2NO3. The molecule has 2 aromatic carbocycles. The van der Waals surface area contributed by atoms with Crippen molar-refractivity contribution < 1.29 is 14.3 Å². The fraction of sp³-hybridized carbons (Fsp3) is 0.364. The number of halogens is 2. The summed E-state index contributed by atoms with van der Waals surface area (Å²) in [7, 11) is 3.32. The number of benzene rings is 2. The summed E-state index contributed by atoms with van der Waals surface area (Å²) in [6, 6.07) is 11.8. The molecule has 0 aromatic heterocycles. The number of hydrogen-bond donors (Lipinski definition) is 0. The lowest BCUT2D eigenvalue weighted by Crippen LogP contribution is -2.29. The smallest absolute Gasteiger partial charge is 0.252 e. The van der Waals surface area contributed by atoms with E-state index in [9.17, 15) is 4.79 Å². The van der Waals surface area contributed by atoms with Gasteiger partial charge in [0, 0.05) is 22.6 Å². The van der Waals surface area contributed by atoms with Gasteiger partial charge in [-0.2, -0.15) is 0 Å². The van der Waals surface area contributed by atoms with Gasteiger partial charge in [-0.05, 0) is 54.3 Å². The molecule has 0 bridgehead atoms. The summed E-state index contributed by atoms with van der Waals surface area (Å²) in [5.74, 6) is 1.87. The van der Waals surface area contributed by atoms with Crippen molar-refractivity contribution in [2.75, 3.05) is 14.2 Å². The predicted octanol–water partition coefficient (Wildman–Crippen LogP) is 5.38. The van der Waals surface area contributed by atoms with Crippen LogP contribution in [0.5, 0.6) is 11.5 Å². The van der Waals surface area contributed by atoms with E-state index < -0.39 is 5.24 Å². The summed E-state index contributed by atoms with van der Waals surface area (Å²) in [6.07, 6.45) is 4.68. The Morgan fingerprint density at radius 2 is 1.68 bits per heavy atom. The van der Waals surface area contributed by atoms with Crippen LogP contribution in [0.25, 0.3) is 0 Å². The van der Waals surface area contributed by atoms with Gasteiger partial charge in [-0.3, -0.25) is 9.79 Å². The van der Waals surface area contributed by atoms with Gasteiger partial charge in [0.1, 0.15) is 0 Å². The maximum Gasteiger partial charge on any atom is 0.252 e. The summed E-state index contributed by atoms with van der Waals surface area (Å²) < 4.78 is 11.1. The largest absolute Gasteiger partial charge is 0.493 e. The van der Waals surface area contributed by atoms with Crippen LogP contribution in [0, 0.1) is 0 Å². The topological polar surface area (TPSA) is 47.9 Å². The van der Waals surface area contributed by atoms with Crippen LogP contribution in [0.1, 0.15) is 58.6 Å². The molecule has 4 nitrogen and oxygen atoms in total. The monoisotopic (exact) mass is 419 g/mol. The van der Waals surface area contributed by atoms with Crippen molar-refractivity contribution in [3.8, 4) is 11.5 Å². The van der Waals surface area contributed by atoms with Crippen LogP contribution in [0.4, 0.5) is 0 Å². The fourth-order valence-electron chi connectivity index (χ4n) is 4.26. The molecule has 0 radical (unpaired) electrons. The van der Waals surface area contributed by atoms with E-state index >= 15 is 0 Å². The van der Waals surface area contributed by atoms with Crippen LogP contribution < -0.4 is 9.47 Å². The van der Waals surface area contributed by atoms with Gasteiger partial charge < -0.3 is 9.47 Å². The minimum Gasteiger partial charge on any atom is -0.493 e. The molecule has 0 N–H and O–H groups in total. The molecule has 1 aliphatic heterocycles. The van der Waals surface area contributed by atoms with Crippen LogP contribution in [0.3, 0.4) is 0 Å². The van der Waals surface area contributed by atoms with Crippen molar-refractivity contribution in [2.45, 2.75) is 37.6 Å². The first kappa shape index (κ1) is 20.7. The molecular weight excluding hydrogens is 397 g/mol. The standard InChI is InChI=1S/C22H22ClNO3.ClH/c1-26-19-11-16-15-5-3-4-6-18(15)24-21(17(16)12-20(19)27-2)13-7-9-14(10-8-13)22(23)25;/h7-12,15,18H,3-6H2,1-2H3;1H/t15-,18+;/m0./s1. The SMILES string of the molecule is COc1cc2c(cc1OC)[C@@H]1CCCC[C@H]1N=C2c1ccc(C(=O)Cl)cc1.Cl. The molecule has 2 atom stereocenters. The zero-order valence-electron chi connectivity index (χ0n) is 15.9. The zero-order chi connectivity index (χ0) is 19.0. The third-order valence-electron chi connectivity index (χ3n) is 5.62. The van der Waals surface area contributed by atoms with Gasteiger partial charge in [0.05, 0.1) is 26.0 Å². The molecule has 1 saturated carbocycles. The Hall–Kier alpha value is -2.04. The molecule has 0 amide bonds. The molecule has 1 heterocycles. The second-order valence-electron chi connectivity index (χ2n) is 7.08. The Morgan fingerprint density at radius 3 is 2.32 bits per heavy atom. The third kappa shape index (κ3) is 3.63. The van der Waals surface area contributed by atoms with E-state index in [0.29, 0.717) is 17.2 Å². The highest BCUT2D eigenvalue weighted by Crippen LogP contribution is 2.44. The molecule has 0 unspecified atom stereocenters. The number of carbonyl (C=O) groups excluding carboxylic acids is 1. The average Bonchev–Trinajstić information content (AvgIpc) is 2.72. The first-order chi connectivity index (χ1) is 13.1. The number of carbonyl (C=O) groups is 1. The van der Waals surface area contributed by atoms with E-state index in [1.54, 1.807) is 26.4 Å². The van der Waals surface area contributed by atoms with Gasteiger partial charge in [-0.25, -0.2) is 0 Å². The maximum absolute atomic E-state index is 11.4. The van der Waals surface area contributed by atoms with Crippen LogP contribution >= 0.6 is 24.0 Å². The number of methoxy groups -OCH3 is 2. The lowest BCUT2D eigenvalue weighted by molar-refractivity contribution is 0.108. The van der Waals surface area contributed by atoms with Crippen LogP contribution in [-0.2, 0) is 0 Å². The van der Waals surface area contributed by atoms with Crippen LogP contribution in [0.2, 0.25) is 0 Å². The Kier molecular flexibility index (Phi) is 6.31. The molecule has 1 fully saturated rings. The normalized spacial score (nSPS) is 20.2. The van der Waals surface area contributed by atoms with E-state index in [1.807, 2.05) is 18.2 Å². The Bertz CT molecular complexity index is 909. The van der Waals surface area contributed by atoms with Crippen molar-refractivity contribution in [1.82, 2.24) is 0 Å². The molecule has 0 spiro atoms. The molecule has 4 rings (SSSR count). The van der Waals surface area contributed by atoms with Gasteiger partial charge in [0.2, 0.25) is 0 Å². The van der Waals surface area contributed by atoms with Crippen molar-refractivity contribution in [2.24, 2.45) is 4.99 Å². The number of fused-ring (bicyclic) bond motifs is 3. The summed E-state index contributed by atoms with van der Waals surface area (Å²) in [5, 5.41) is -0.453. The highest BCUT2D eigenvalue weighted by atomic mass is 35.5. The summed E-state index contributed by atoms with van der Waals surface area (Å²) >= 11 is 5.59. The minimum absolute atomic E-state index is 0. The number of rotatable bonds is 4. The number of hydrogen-bond acceptors (Lipinski definition) is 4. The lowest BCUT2D eigenvalue weighted by atomic mass is 9.75. The predicted molar refractivity (Wildman–Crippen MR) is 114 cm³/mol. The maximum atomic E-state index is 11.4. The first-order valence-corrected chi connectivity index (χ1v) is 9.64. The quantitative estimate of drug-likeness (QED) is 0.624. The summed E-state index contributed by atoms with van der Waals surface area (Å²) in [6.45, 7) is 0. The number of aliphatic imine (C=N–C) groups is 1. The second-order valence-corrected chi connectivity index (χ2v) is 7.42. The van der Waals surface area contributed by atoms with Crippen LogP contribution in [-0.4, -0.2) is 31.2 Å². The lowest BCUT2D eigenvalue weighted by Gasteiger charge is -2.35. The fourth-order valence-corrected chi connectivity index (χ4v) is 4.39. The number of nitrogens with zero attached hydrogens (tertiary/aromatic N) is 1. The summed E-state index contributed by atoms with van der Waals surface area (Å²) in [4.78, 5) is 16.5. The van der Waals surface area contributed by atoms with E-state index in [4.69, 9.17) is 26.1 Å². The Labute approximate surface area is 176 Å². The zero-order valence-corrected chi connectivity index (χ0v) is 17.5.